The van der Waals surface area contributed by atoms with Gasteiger partial charge in [-0.1, -0.05) is 0 Å². The molecule has 0 fully saturated rings. The normalized spacial score (nSPS) is 10.6. The van der Waals surface area contributed by atoms with Crippen LogP contribution in [-0.2, 0) is 0 Å². The number of aryl methyl sites for hydroxylation is 1. The molecule has 0 aliphatic heterocycles. The largest absolute Gasteiger partial charge is 0.507 e. The third-order valence-electron chi connectivity index (χ3n) is 1.75. The molecule has 0 aromatic carbocycles. The van der Waals surface area contributed by atoms with Crippen molar-refractivity contribution in [3.63, 3.8) is 0 Å². The highest BCUT2D eigenvalue weighted by molar-refractivity contribution is 5.85. The van der Waals surface area contributed by atoms with Crippen molar-refractivity contribution in [3.05, 3.63) is 24.0 Å². The Morgan fingerprint density at radius 3 is 3.09 bits per heavy atom. The molecular weight excluding hydrogens is 140 g/mol. The molecule has 0 saturated heterocycles. The molecular formula is C8H8N2O. The monoisotopic (exact) mass is 148 g/mol. The zero-order chi connectivity index (χ0) is 7.84. The van der Waals surface area contributed by atoms with E-state index in [0.29, 0.717) is 0 Å². The van der Waals surface area contributed by atoms with E-state index in [0.717, 1.165) is 16.6 Å². The lowest BCUT2D eigenvalue weighted by Gasteiger charge is -1.93. The summed E-state index contributed by atoms with van der Waals surface area (Å²) in [5.74, 6) is 0.286. The van der Waals surface area contributed by atoms with Crippen LogP contribution in [0.25, 0.3) is 11.0 Å². The van der Waals surface area contributed by atoms with Gasteiger partial charge in [0.15, 0.2) is 0 Å². The van der Waals surface area contributed by atoms with Crippen molar-refractivity contribution < 1.29 is 5.11 Å². The Hall–Kier alpha value is -1.51. The summed E-state index contributed by atoms with van der Waals surface area (Å²) in [5, 5.41) is 10.2. The standard InChI is InChI=1S/C8H8N2O/c1-5-4-10-8-7(5)6(11)2-3-9-8/h2-4H,1H3,(H2,9,10,11). The molecule has 0 aliphatic rings. The van der Waals surface area contributed by atoms with Gasteiger partial charge in [-0.25, -0.2) is 4.98 Å². The highest BCUT2D eigenvalue weighted by atomic mass is 16.3. The Kier molecular flexibility index (Phi) is 1.12. The second-order valence-electron chi connectivity index (χ2n) is 2.53. The van der Waals surface area contributed by atoms with Crippen LogP contribution in [0.3, 0.4) is 0 Å². The van der Waals surface area contributed by atoms with Crippen LogP contribution in [0, 0.1) is 6.92 Å². The van der Waals surface area contributed by atoms with E-state index in [9.17, 15) is 5.11 Å². The molecule has 0 aliphatic carbocycles. The lowest BCUT2D eigenvalue weighted by molar-refractivity contribution is 0.481. The van der Waals surface area contributed by atoms with Crippen molar-refractivity contribution >= 4 is 11.0 Å². The number of aromatic nitrogens is 2. The topological polar surface area (TPSA) is 48.9 Å². The third kappa shape index (κ3) is 0.774. The summed E-state index contributed by atoms with van der Waals surface area (Å²) in [6, 6.07) is 1.59. The highest BCUT2D eigenvalue weighted by Gasteiger charge is 2.03. The van der Waals surface area contributed by atoms with Crippen LogP contribution in [0.2, 0.25) is 0 Å². The molecule has 0 saturated carbocycles. The van der Waals surface area contributed by atoms with Crippen molar-refractivity contribution in [3.8, 4) is 5.75 Å². The van der Waals surface area contributed by atoms with Gasteiger partial charge in [0, 0.05) is 12.4 Å². The second-order valence-corrected chi connectivity index (χ2v) is 2.53. The molecule has 0 unspecified atom stereocenters. The minimum atomic E-state index is 0.286. The lowest BCUT2D eigenvalue weighted by atomic mass is 10.2. The molecule has 11 heavy (non-hydrogen) atoms. The molecule has 3 heteroatoms. The Bertz CT molecular complexity index is 392. The van der Waals surface area contributed by atoms with Crippen LogP contribution in [0.4, 0.5) is 0 Å². The number of H-pyrrole nitrogens is 1. The van der Waals surface area contributed by atoms with Gasteiger partial charge in [-0.3, -0.25) is 0 Å². The summed E-state index contributed by atoms with van der Waals surface area (Å²) in [5.41, 5.74) is 1.76. The van der Waals surface area contributed by atoms with E-state index in [2.05, 4.69) is 9.97 Å². The van der Waals surface area contributed by atoms with Gasteiger partial charge in [0.05, 0.1) is 5.39 Å². The minimum absolute atomic E-state index is 0.286. The maximum atomic E-state index is 9.38. The fourth-order valence-corrected chi connectivity index (χ4v) is 1.20. The maximum absolute atomic E-state index is 9.38. The number of aromatic amines is 1. The van der Waals surface area contributed by atoms with Gasteiger partial charge in [0.25, 0.3) is 0 Å². The number of nitrogens with one attached hydrogen (secondary N) is 1. The summed E-state index contributed by atoms with van der Waals surface area (Å²) in [6.45, 7) is 1.93. The van der Waals surface area contributed by atoms with Crippen molar-refractivity contribution in [2.24, 2.45) is 0 Å². The minimum Gasteiger partial charge on any atom is -0.507 e. The second kappa shape index (κ2) is 1.99. The van der Waals surface area contributed by atoms with Crippen molar-refractivity contribution in [1.29, 1.82) is 0 Å². The molecule has 2 heterocycles. The molecule has 3 nitrogen and oxygen atoms in total. The van der Waals surface area contributed by atoms with Crippen LogP contribution >= 0.6 is 0 Å². The smallest absolute Gasteiger partial charge is 0.141 e. The van der Waals surface area contributed by atoms with E-state index in [1.165, 1.54) is 0 Å². The van der Waals surface area contributed by atoms with E-state index in [-0.39, 0.29) is 5.75 Å². The molecule has 2 rings (SSSR count). The number of pyridine rings is 1. The predicted molar refractivity (Wildman–Crippen MR) is 42.5 cm³/mol. The number of fused-ring (bicyclic) bond motifs is 1. The van der Waals surface area contributed by atoms with Crippen LogP contribution in [0.15, 0.2) is 18.5 Å². The van der Waals surface area contributed by atoms with Crippen LogP contribution < -0.4 is 0 Å². The van der Waals surface area contributed by atoms with E-state index in [1.54, 1.807) is 12.3 Å². The Morgan fingerprint density at radius 2 is 2.36 bits per heavy atom. The van der Waals surface area contributed by atoms with Gasteiger partial charge >= 0.3 is 0 Å². The highest BCUT2D eigenvalue weighted by Crippen LogP contribution is 2.24. The lowest BCUT2D eigenvalue weighted by Crippen LogP contribution is -1.75. The number of nitrogens with zero attached hydrogens (tertiary/aromatic N) is 1. The zero-order valence-electron chi connectivity index (χ0n) is 6.13. The Balaban J connectivity index is 2.96. The maximum Gasteiger partial charge on any atom is 0.141 e. The Morgan fingerprint density at radius 1 is 1.55 bits per heavy atom. The van der Waals surface area contributed by atoms with E-state index in [4.69, 9.17) is 0 Å². The third-order valence-corrected chi connectivity index (χ3v) is 1.75. The average molecular weight is 148 g/mol. The fraction of sp³-hybridized carbons (Fsp3) is 0.125. The molecule has 2 aromatic rings. The molecule has 0 spiro atoms. The van der Waals surface area contributed by atoms with E-state index < -0.39 is 0 Å². The number of rotatable bonds is 0. The van der Waals surface area contributed by atoms with Crippen molar-refractivity contribution in [1.82, 2.24) is 9.97 Å². The molecule has 2 aromatic heterocycles. The van der Waals surface area contributed by atoms with Gasteiger partial charge in [-0.2, -0.15) is 0 Å². The first-order chi connectivity index (χ1) is 5.29. The number of aromatic hydroxyl groups is 1. The van der Waals surface area contributed by atoms with Gasteiger partial charge in [-0.05, 0) is 18.6 Å². The predicted octanol–water partition coefficient (Wildman–Crippen LogP) is 1.58. The quantitative estimate of drug-likeness (QED) is 0.595. The number of hydrogen-bond acceptors (Lipinski definition) is 2. The first kappa shape index (κ1) is 6.22. The summed E-state index contributed by atoms with van der Waals surface area (Å²) in [6.07, 6.45) is 3.41. The van der Waals surface area contributed by atoms with Crippen molar-refractivity contribution in [2.45, 2.75) is 6.92 Å². The van der Waals surface area contributed by atoms with E-state index >= 15 is 0 Å². The summed E-state index contributed by atoms with van der Waals surface area (Å²) in [7, 11) is 0. The van der Waals surface area contributed by atoms with Crippen LogP contribution in [0.5, 0.6) is 5.75 Å². The van der Waals surface area contributed by atoms with Crippen LogP contribution in [0.1, 0.15) is 5.56 Å². The average Bonchev–Trinajstić information content (AvgIpc) is 2.34. The summed E-state index contributed by atoms with van der Waals surface area (Å²) in [4.78, 5) is 7.00. The molecule has 0 radical (unpaired) electrons. The Labute approximate surface area is 63.7 Å². The first-order valence-electron chi connectivity index (χ1n) is 3.40. The van der Waals surface area contributed by atoms with Crippen molar-refractivity contribution in [2.75, 3.05) is 0 Å². The van der Waals surface area contributed by atoms with E-state index in [1.807, 2.05) is 13.1 Å². The fourth-order valence-electron chi connectivity index (χ4n) is 1.20. The SMILES string of the molecule is Cc1c[nH]c2nccc(O)c12. The molecule has 0 bridgehead atoms. The van der Waals surface area contributed by atoms with Gasteiger partial charge in [0.2, 0.25) is 0 Å². The first-order valence-corrected chi connectivity index (χ1v) is 3.40. The summed E-state index contributed by atoms with van der Waals surface area (Å²) >= 11 is 0. The molecule has 56 valence electrons. The number of hydrogen-bond donors (Lipinski definition) is 2. The van der Waals surface area contributed by atoms with Gasteiger partial charge < -0.3 is 10.1 Å². The zero-order valence-corrected chi connectivity index (χ0v) is 6.13. The van der Waals surface area contributed by atoms with Gasteiger partial charge in [0.1, 0.15) is 11.4 Å². The summed E-state index contributed by atoms with van der Waals surface area (Å²) < 4.78 is 0. The molecule has 2 N–H and O–H groups in total. The molecule has 0 amide bonds. The van der Waals surface area contributed by atoms with Gasteiger partial charge in [-0.15, -0.1) is 0 Å². The van der Waals surface area contributed by atoms with Crippen LogP contribution in [-0.4, -0.2) is 15.1 Å². The molecule has 0 atom stereocenters.